The van der Waals surface area contributed by atoms with Crippen LogP contribution in [0.3, 0.4) is 0 Å². The first-order valence-corrected chi connectivity index (χ1v) is 6.50. The zero-order valence-electron chi connectivity index (χ0n) is 9.11. The van der Waals surface area contributed by atoms with E-state index in [2.05, 4.69) is 31.9 Å². The lowest BCUT2D eigenvalue weighted by Crippen LogP contribution is -2.35. The van der Waals surface area contributed by atoms with Gasteiger partial charge >= 0.3 is 5.97 Å². The molecule has 0 radical (unpaired) electrons. The maximum Gasteiger partial charge on any atom is 0.323 e. The molecule has 92 valence electrons. The molecule has 0 bridgehead atoms. The average molecular weight is 365 g/mol. The fourth-order valence-electron chi connectivity index (χ4n) is 1.32. The van der Waals surface area contributed by atoms with Gasteiger partial charge in [-0.1, -0.05) is 15.9 Å². The minimum Gasteiger partial charge on any atom is -0.480 e. The molecular formula is C11H11Br2NO3. The highest BCUT2D eigenvalue weighted by atomic mass is 79.9. The molecule has 0 aromatic heterocycles. The third-order valence-electron chi connectivity index (χ3n) is 2.15. The van der Waals surface area contributed by atoms with E-state index in [1.807, 2.05) is 0 Å². The van der Waals surface area contributed by atoms with Crippen LogP contribution in [0.4, 0.5) is 0 Å². The summed E-state index contributed by atoms with van der Waals surface area (Å²) in [7, 11) is 0. The van der Waals surface area contributed by atoms with E-state index in [4.69, 9.17) is 5.11 Å². The molecule has 1 N–H and O–H groups in total. The van der Waals surface area contributed by atoms with Crippen molar-refractivity contribution in [3.8, 4) is 0 Å². The SMILES string of the molecule is CCN(CC(=O)O)C(=O)c1cc(Br)ccc1Br. The Kier molecular flexibility index (Phi) is 5.14. The maximum absolute atomic E-state index is 12.1. The van der Waals surface area contributed by atoms with Crippen LogP contribution < -0.4 is 0 Å². The van der Waals surface area contributed by atoms with Crippen molar-refractivity contribution < 1.29 is 14.7 Å². The van der Waals surface area contributed by atoms with Crippen molar-refractivity contribution in [2.75, 3.05) is 13.1 Å². The van der Waals surface area contributed by atoms with Gasteiger partial charge in [0.15, 0.2) is 0 Å². The van der Waals surface area contributed by atoms with Gasteiger partial charge in [-0.3, -0.25) is 9.59 Å². The Morgan fingerprint density at radius 1 is 1.35 bits per heavy atom. The number of carbonyl (C=O) groups excluding carboxylic acids is 1. The normalized spacial score (nSPS) is 10.1. The first-order chi connectivity index (χ1) is 7.95. The first-order valence-electron chi connectivity index (χ1n) is 4.91. The lowest BCUT2D eigenvalue weighted by molar-refractivity contribution is -0.137. The summed E-state index contributed by atoms with van der Waals surface area (Å²) in [6.07, 6.45) is 0. The van der Waals surface area contributed by atoms with E-state index in [0.29, 0.717) is 16.6 Å². The number of likely N-dealkylation sites (N-methyl/N-ethyl adjacent to an activating group) is 1. The lowest BCUT2D eigenvalue weighted by Gasteiger charge is -2.19. The van der Waals surface area contributed by atoms with E-state index >= 15 is 0 Å². The molecule has 1 aromatic rings. The second-order valence-corrected chi connectivity index (χ2v) is 5.11. The van der Waals surface area contributed by atoms with Gasteiger partial charge in [-0.25, -0.2) is 0 Å². The van der Waals surface area contributed by atoms with Crippen LogP contribution in [-0.2, 0) is 4.79 Å². The largest absolute Gasteiger partial charge is 0.480 e. The van der Waals surface area contributed by atoms with Crippen LogP contribution in [0.25, 0.3) is 0 Å². The molecule has 0 saturated carbocycles. The van der Waals surface area contributed by atoms with Gasteiger partial charge in [0, 0.05) is 15.5 Å². The molecule has 0 aliphatic carbocycles. The number of rotatable bonds is 4. The number of hydrogen-bond donors (Lipinski definition) is 1. The summed E-state index contributed by atoms with van der Waals surface area (Å²) in [5.74, 6) is -1.32. The summed E-state index contributed by atoms with van der Waals surface area (Å²) in [5, 5.41) is 8.72. The number of aliphatic carboxylic acids is 1. The number of hydrogen-bond acceptors (Lipinski definition) is 2. The van der Waals surface area contributed by atoms with Gasteiger partial charge in [-0.05, 0) is 41.1 Å². The monoisotopic (exact) mass is 363 g/mol. The molecule has 1 rings (SSSR count). The smallest absolute Gasteiger partial charge is 0.323 e. The first kappa shape index (κ1) is 14.2. The molecule has 17 heavy (non-hydrogen) atoms. The molecular weight excluding hydrogens is 354 g/mol. The summed E-state index contributed by atoms with van der Waals surface area (Å²) in [4.78, 5) is 24.0. The van der Waals surface area contributed by atoms with Crippen molar-refractivity contribution in [3.63, 3.8) is 0 Å². The number of halogens is 2. The third kappa shape index (κ3) is 3.81. The van der Waals surface area contributed by atoms with E-state index < -0.39 is 5.97 Å². The Morgan fingerprint density at radius 2 is 2.00 bits per heavy atom. The Hall–Kier alpha value is -0.880. The molecule has 0 fully saturated rings. The molecule has 0 unspecified atom stereocenters. The van der Waals surface area contributed by atoms with E-state index in [9.17, 15) is 9.59 Å². The van der Waals surface area contributed by atoms with Crippen molar-refractivity contribution in [3.05, 3.63) is 32.7 Å². The number of carboxylic acids is 1. The van der Waals surface area contributed by atoms with E-state index in [1.165, 1.54) is 4.90 Å². The fourth-order valence-corrected chi connectivity index (χ4v) is 2.10. The summed E-state index contributed by atoms with van der Waals surface area (Å²) >= 11 is 6.56. The van der Waals surface area contributed by atoms with Gasteiger partial charge in [0.05, 0.1) is 5.56 Å². The van der Waals surface area contributed by atoms with Crippen LogP contribution >= 0.6 is 31.9 Å². The molecule has 0 aliphatic rings. The number of carboxylic acid groups (broad SMARTS) is 1. The highest BCUT2D eigenvalue weighted by Gasteiger charge is 2.19. The molecule has 0 saturated heterocycles. The van der Waals surface area contributed by atoms with E-state index in [0.717, 1.165) is 4.47 Å². The van der Waals surface area contributed by atoms with Crippen molar-refractivity contribution in [2.45, 2.75) is 6.92 Å². The summed E-state index contributed by atoms with van der Waals surface area (Å²) in [5.41, 5.74) is 0.447. The molecule has 0 aliphatic heterocycles. The molecule has 4 nitrogen and oxygen atoms in total. The van der Waals surface area contributed by atoms with E-state index in [-0.39, 0.29) is 12.5 Å². The number of amides is 1. The Bertz CT molecular complexity index is 448. The van der Waals surface area contributed by atoms with Crippen LogP contribution in [0, 0.1) is 0 Å². The number of carbonyl (C=O) groups is 2. The van der Waals surface area contributed by atoms with Crippen LogP contribution in [0.2, 0.25) is 0 Å². The van der Waals surface area contributed by atoms with Crippen molar-refractivity contribution in [1.82, 2.24) is 4.90 Å². The summed E-state index contributed by atoms with van der Waals surface area (Å²) in [6.45, 7) is 1.80. The molecule has 1 amide bonds. The topological polar surface area (TPSA) is 57.6 Å². The minimum absolute atomic E-state index is 0.297. The average Bonchev–Trinajstić information content (AvgIpc) is 2.28. The molecule has 0 spiro atoms. The number of nitrogens with zero attached hydrogens (tertiary/aromatic N) is 1. The van der Waals surface area contributed by atoms with Crippen molar-refractivity contribution in [2.24, 2.45) is 0 Å². The molecule has 0 heterocycles. The van der Waals surface area contributed by atoms with Gasteiger partial charge in [0.25, 0.3) is 5.91 Å². The number of benzene rings is 1. The van der Waals surface area contributed by atoms with Crippen LogP contribution in [0.5, 0.6) is 0 Å². The van der Waals surface area contributed by atoms with Gasteiger partial charge in [0.2, 0.25) is 0 Å². The Balaban J connectivity index is 3.01. The van der Waals surface area contributed by atoms with Crippen LogP contribution in [0.1, 0.15) is 17.3 Å². The highest BCUT2D eigenvalue weighted by molar-refractivity contribution is 9.11. The molecule has 0 atom stereocenters. The second kappa shape index (κ2) is 6.16. The van der Waals surface area contributed by atoms with Crippen LogP contribution in [-0.4, -0.2) is 35.0 Å². The minimum atomic E-state index is -1.02. The summed E-state index contributed by atoms with van der Waals surface area (Å²) in [6, 6.07) is 5.21. The van der Waals surface area contributed by atoms with Gasteiger partial charge in [-0.2, -0.15) is 0 Å². The van der Waals surface area contributed by atoms with Gasteiger partial charge < -0.3 is 10.0 Å². The van der Waals surface area contributed by atoms with Gasteiger partial charge in [0.1, 0.15) is 6.54 Å². The predicted molar refractivity (Wildman–Crippen MR) is 71.1 cm³/mol. The standard InChI is InChI=1S/C11H11Br2NO3/c1-2-14(6-10(15)16)11(17)8-5-7(12)3-4-9(8)13/h3-5H,2,6H2,1H3,(H,15,16). The highest BCUT2D eigenvalue weighted by Crippen LogP contribution is 2.22. The zero-order chi connectivity index (χ0) is 13.0. The Morgan fingerprint density at radius 3 is 2.53 bits per heavy atom. The zero-order valence-corrected chi connectivity index (χ0v) is 12.3. The maximum atomic E-state index is 12.1. The summed E-state index contributed by atoms with van der Waals surface area (Å²) < 4.78 is 1.42. The van der Waals surface area contributed by atoms with Crippen molar-refractivity contribution in [1.29, 1.82) is 0 Å². The predicted octanol–water partition coefficient (Wildman–Crippen LogP) is 2.76. The molecule has 6 heteroatoms. The lowest BCUT2D eigenvalue weighted by atomic mass is 10.2. The Labute approximate surface area is 116 Å². The third-order valence-corrected chi connectivity index (χ3v) is 3.34. The fraction of sp³-hybridized carbons (Fsp3) is 0.273. The van der Waals surface area contributed by atoms with Gasteiger partial charge in [-0.15, -0.1) is 0 Å². The van der Waals surface area contributed by atoms with E-state index in [1.54, 1.807) is 25.1 Å². The van der Waals surface area contributed by atoms with Crippen molar-refractivity contribution >= 4 is 43.7 Å². The molecule has 1 aromatic carbocycles. The second-order valence-electron chi connectivity index (χ2n) is 3.34. The van der Waals surface area contributed by atoms with Crippen LogP contribution in [0.15, 0.2) is 27.1 Å². The quantitative estimate of drug-likeness (QED) is 0.893.